The Kier molecular flexibility index (Phi) is 10.9. The second-order valence-corrected chi connectivity index (χ2v) is 18.8. The number of carboxylic acid groups (broad SMARTS) is 2. The first-order valence-corrected chi connectivity index (χ1v) is 22.6. The molecular weight excluding hydrogens is 817 g/mol. The number of hydrogen-bond donors (Lipinski definition) is 6. The van der Waals surface area contributed by atoms with E-state index in [1.54, 1.807) is 19.3 Å². The van der Waals surface area contributed by atoms with Gasteiger partial charge in [-0.15, -0.1) is 0 Å². The van der Waals surface area contributed by atoms with Gasteiger partial charge in [-0.2, -0.15) is 0 Å². The van der Waals surface area contributed by atoms with Crippen molar-refractivity contribution >= 4 is 24.0 Å². The molecule has 4 aliphatic heterocycles. The molecule has 64 heavy (non-hydrogen) atoms. The number of aromatic nitrogens is 4. The standard InChI is InChI=1S/C48H54N8O8/c1-26-19-34(15-18-64-26)48(2,54-47(61)62)45(58)56-38-21-33(38)23-40(56)43-50-25-36(52-43)30-11-7-28(8-12-30)4-3-27-5-9-29(10-6-27)35-24-49-42(51-35)39-22-32-20-37(32)55(39)44(57)41(53-46(59)60)31-13-16-63-17-14-31/h5-12,24-26,31-34,37-41,53-54H,13-23H2,1-2H3,(H,49,51)(H,50,52)(H,59,60)(H,61,62)/t26?,32-,33-,34?,37?,38?,39+,40+,41-,48-/m1/s1. The molecule has 2 saturated carbocycles. The molecule has 16 nitrogen and oxygen atoms in total. The normalized spacial score (nSPS) is 28.5. The highest BCUT2D eigenvalue weighted by Crippen LogP contribution is 2.55. The molecule has 16 heteroatoms. The van der Waals surface area contributed by atoms with Crippen LogP contribution in [0.25, 0.3) is 22.5 Å². The predicted molar refractivity (Wildman–Crippen MR) is 232 cm³/mol. The summed E-state index contributed by atoms with van der Waals surface area (Å²) in [4.78, 5) is 72.4. The molecule has 4 amide bonds. The van der Waals surface area contributed by atoms with E-state index in [1.807, 2.05) is 65.3 Å². The maximum absolute atomic E-state index is 14.4. The van der Waals surface area contributed by atoms with Crippen molar-refractivity contribution in [3.63, 3.8) is 0 Å². The number of rotatable bonds is 10. The molecule has 2 aromatic heterocycles. The first kappa shape index (κ1) is 41.8. The minimum Gasteiger partial charge on any atom is -0.465 e. The summed E-state index contributed by atoms with van der Waals surface area (Å²) in [6.45, 7) is 5.22. The highest BCUT2D eigenvalue weighted by atomic mass is 16.5. The van der Waals surface area contributed by atoms with Crippen LogP contribution in [-0.4, -0.2) is 114 Å². The summed E-state index contributed by atoms with van der Waals surface area (Å²) >= 11 is 0. The van der Waals surface area contributed by atoms with Crippen molar-refractivity contribution in [2.45, 2.75) is 107 Å². The van der Waals surface area contributed by atoms with Gasteiger partial charge in [0.2, 0.25) is 11.8 Å². The van der Waals surface area contributed by atoms with Crippen LogP contribution in [0.15, 0.2) is 60.9 Å². The Hall–Kier alpha value is -6.18. The number of hydrogen-bond acceptors (Lipinski definition) is 8. The Bertz CT molecular complexity index is 2490. The molecule has 0 radical (unpaired) electrons. The van der Waals surface area contributed by atoms with Crippen LogP contribution in [0, 0.1) is 35.5 Å². The lowest BCUT2D eigenvalue weighted by molar-refractivity contribution is -0.145. The van der Waals surface area contributed by atoms with Crippen molar-refractivity contribution in [1.29, 1.82) is 0 Å². The summed E-state index contributed by atoms with van der Waals surface area (Å²) in [6, 6.07) is 14.7. The zero-order valence-electron chi connectivity index (χ0n) is 36.0. The first-order chi connectivity index (χ1) is 30.9. The molecular formula is C48H54N8O8. The van der Waals surface area contributed by atoms with Gasteiger partial charge in [0.1, 0.15) is 23.2 Å². The van der Waals surface area contributed by atoms with Crippen LogP contribution in [0.1, 0.15) is 100 Å². The largest absolute Gasteiger partial charge is 0.465 e. The molecule has 10 rings (SSSR count). The summed E-state index contributed by atoms with van der Waals surface area (Å²) in [5.41, 5.74) is 3.93. The molecule has 2 aliphatic carbocycles. The molecule has 6 N–H and O–H groups in total. The van der Waals surface area contributed by atoms with Gasteiger partial charge >= 0.3 is 12.2 Å². The van der Waals surface area contributed by atoms with Crippen molar-refractivity contribution < 1.29 is 38.9 Å². The fourth-order valence-electron chi connectivity index (χ4n) is 11.0. The summed E-state index contributed by atoms with van der Waals surface area (Å²) in [5, 5.41) is 24.6. The average molecular weight is 871 g/mol. The molecule has 6 fully saturated rings. The summed E-state index contributed by atoms with van der Waals surface area (Å²) in [5.74, 6) is 8.04. The smallest absolute Gasteiger partial charge is 0.405 e. The second kappa shape index (κ2) is 16.7. The molecule has 0 bridgehead atoms. The molecule has 2 aromatic carbocycles. The van der Waals surface area contributed by atoms with E-state index < -0.39 is 23.8 Å². The number of nitrogens with one attached hydrogen (secondary N) is 4. The fourth-order valence-corrected chi connectivity index (χ4v) is 11.0. The van der Waals surface area contributed by atoms with Crippen LogP contribution in [0.4, 0.5) is 9.59 Å². The van der Waals surface area contributed by atoms with Crippen LogP contribution in [0.5, 0.6) is 0 Å². The second-order valence-electron chi connectivity index (χ2n) is 18.8. The molecule has 334 valence electrons. The van der Waals surface area contributed by atoms with E-state index in [0.29, 0.717) is 69.0 Å². The van der Waals surface area contributed by atoms with Gasteiger partial charge in [0.15, 0.2) is 0 Å². The fraction of sp³-hybridized carbons (Fsp3) is 0.500. The number of fused-ring (bicyclic) bond motifs is 2. The number of carbonyl (C=O) groups is 4. The minimum absolute atomic E-state index is 0.0542. The van der Waals surface area contributed by atoms with Crippen molar-refractivity contribution in [3.05, 3.63) is 83.7 Å². The van der Waals surface area contributed by atoms with Gasteiger partial charge in [-0.3, -0.25) is 9.59 Å². The zero-order chi connectivity index (χ0) is 44.3. The quantitative estimate of drug-likeness (QED) is 0.101. The van der Waals surface area contributed by atoms with E-state index in [4.69, 9.17) is 19.4 Å². The van der Waals surface area contributed by atoms with E-state index in [-0.39, 0.29) is 53.9 Å². The Morgan fingerprint density at radius 1 is 0.750 bits per heavy atom. The number of benzene rings is 2. The van der Waals surface area contributed by atoms with Gasteiger partial charge in [0.05, 0.1) is 42.0 Å². The predicted octanol–water partition coefficient (Wildman–Crippen LogP) is 6.09. The van der Waals surface area contributed by atoms with E-state index in [0.717, 1.165) is 59.3 Å². The Labute approximate surface area is 370 Å². The van der Waals surface area contributed by atoms with Gasteiger partial charge in [0.25, 0.3) is 0 Å². The summed E-state index contributed by atoms with van der Waals surface area (Å²) in [7, 11) is 0. The topological polar surface area (TPSA) is 215 Å². The summed E-state index contributed by atoms with van der Waals surface area (Å²) < 4.78 is 11.2. The van der Waals surface area contributed by atoms with Crippen LogP contribution in [0.3, 0.4) is 0 Å². The lowest BCUT2D eigenvalue weighted by Crippen LogP contribution is -2.63. The monoisotopic (exact) mass is 870 g/mol. The third kappa shape index (κ3) is 8.11. The number of nitrogens with zero attached hydrogens (tertiary/aromatic N) is 4. The molecule has 6 aliphatic rings. The number of amides is 4. The van der Waals surface area contributed by atoms with Gasteiger partial charge in [-0.1, -0.05) is 36.1 Å². The summed E-state index contributed by atoms with van der Waals surface area (Å²) in [6.07, 6.45) is 7.02. The number of ether oxygens (including phenoxy) is 2. The van der Waals surface area contributed by atoms with Gasteiger partial charge in [-0.05, 0) is 124 Å². The number of piperidine rings is 2. The van der Waals surface area contributed by atoms with E-state index in [2.05, 4.69) is 32.4 Å². The van der Waals surface area contributed by atoms with Crippen LogP contribution >= 0.6 is 0 Å². The van der Waals surface area contributed by atoms with Crippen molar-refractivity contribution in [2.75, 3.05) is 19.8 Å². The molecule has 4 aromatic rings. The molecule has 4 unspecified atom stereocenters. The first-order valence-electron chi connectivity index (χ1n) is 22.6. The van der Waals surface area contributed by atoms with Crippen molar-refractivity contribution in [2.24, 2.45) is 23.7 Å². The number of aromatic amines is 2. The Morgan fingerprint density at radius 2 is 1.30 bits per heavy atom. The Morgan fingerprint density at radius 3 is 1.83 bits per heavy atom. The number of carbonyl (C=O) groups excluding carboxylic acids is 2. The molecule has 10 atom stereocenters. The van der Waals surface area contributed by atoms with E-state index in [9.17, 15) is 29.4 Å². The molecule has 0 spiro atoms. The third-order valence-electron chi connectivity index (χ3n) is 14.7. The zero-order valence-corrected chi connectivity index (χ0v) is 36.0. The van der Waals surface area contributed by atoms with Crippen molar-refractivity contribution in [1.82, 2.24) is 40.4 Å². The number of imidazole rings is 2. The van der Waals surface area contributed by atoms with E-state index >= 15 is 0 Å². The van der Waals surface area contributed by atoms with Gasteiger partial charge < -0.3 is 50.1 Å². The van der Waals surface area contributed by atoms with Crippen molar-refractivity contribution in [3.8, 4) is 34.4 Å². The van der Waals surface area contributed by atoms with Crippen LogP contribution in [-0.2, 0) is 19.1 Å². The highest BCUT2D eigenvalue weighted by Gasteiger charge is 2.60. The van der Waals surface area contributed by atoms with Gasteiger partial charge in [0, 0.05) is 43.0 Å². The molecule has 6 heterocycles. The van der Waals surface area contributed by atoms with Crippen LogP contribution in [0.2, 0.25) is 0 Å². The van der Waals surface area contributed by atoms with Crippen LogP contribution < -0.4 is 10.6 Å². The third-order valence-corrected chi connectivity index (χ3v) is 14.7. The average Bonchev–Trinajstić information content (AvgIpc) is 3.88. The SMILES string of the molecule is CC1CC([C@@](C)(NC(=O)O)C(=O)N2C3C[C@@H]3C[C@H]2c2ncc(-c3ccc(C#Cc4ccc(-c5cnc([C@@H]6C[C@H]7CC7N6C(=O)[C@H](NC(=O)O)C6CCOCC6)[nH]5)cc4)cc3)[nH]2)CCO1. The maximum atomic E-state index is 14.4. The Balaban J connectivity index is 0.787. The number of H-pyrrole nitrogens is 2. The van der Waals surface area contributed by atoms with Gasteiger partial charge in [-0.25, -0.2) is 19.6 Å². The lowest BCUT2D eigenvalue weighted by atomic mass is 9.77. The van der Waals surface area contributed by atoms with E-state index in [1.165, 1.54) is 0 Å². The highest BCUT2D eigenvalue weighted by molar-refractivity contribution is 5.91. The number of likely N-dealkylation sites (tertiary alicyclic amines) is 2. The maximum Gasteiger partial charge on any atom is 0.405 e. The lowest BCUT2D eigenvalue weighted by Gasteiger charge is -2.43. The minimum atomic E-state index is -1.28. The molecule has 4 saturated heterocycles.